The highest BCUT2D eigenvalue weighted by atomic mass is 14.5. The second-order valence-corrected chi connectivity index (χ2v) is 12.1. The van der Waals surface area contributed by atoms with Crippen molar-refractivity contribution in [1.29, 1.82) is 0 Å². The van der Waals surface area contributed by atoms with Crippen molar-refractivity contribution in [3.63, 3.8) is 0 Å². The molecule has 3 aliphatic rings. The van der Waals surface area contributed by atoms with E-state index in [1.165, 1.54) is 57.5 Å². The highest BCUT2D eigenvalue weighted by Crippen LogP contribution is 2.57. The minimum absolute atomic E-state index is 0.0642. The second kappa shape index (κ2) is 8.05. The topological polar surface area (TPSA) is 0 Å². The first kappa shape index (κ1) is 23.1. The molecule has 0 nitrogen and oxygen atoms in total. The van der Waals surface area contributed by atoms with Crippen LogP contribution in [-0.4, -0.2) is 0 Å². The van der Waals surface area contributed by atoms with E-state index in [-0.39, 0.29) is 16.2 Å². The van der Waals surface area contributed by atoms with E-state index in [1.807, 2.05) is 0 Å². The van der Waals surface area contributed by atoms with Crippen molar-refractivity contribution in [3.8, 4) is 0 Å². The van der Waals surface area contributed by atoms with Gasteiger partial charge in [-0.2, -0.15) is 0 Å². The fourth-order valence-corrected chi connectivity index (χ4v) is 6.06. The third-order valence-electron chi connectivity index (χ3n) is 7.82. The fraction of sp³-hybridized carbons (Fsp3) is 0.500. The molecule has 0 saturated heterocycles. The Morgan fingerprint density at radius 2 is 1.69 bits per heavy atom. The van der Waals surface area contributed by atoms with Crippen molar-refractivity contribution in [3.05, 3.63) is 80.8 Å². The molecule has 0 amide bonds. The van der Waals surface area contributed by atoms with E-state index in [9.17, 15) is 0 Å². The lowest BCUT2D eigenvalue weighted by Gasteiger charge is -2.48. The van der Waals surface area contributed by atoms with Crippen LogP contribution >= 0.6 is 0 Å². The van der Waals surface area contributed by atoms with Gasteiger partial charge in [-0.15, -0.1) is 0 Å². The Morgan fingerprint density at radius 1 is 0.938 bits per heavy atom. The molecule has 1 aromatic rings. The number of fused-ring (bicyclic) bond motifs is 2. The Bertz CT molecular complexity index is 1160. The smallest absolute Gasteiger partial charge is 0.0192 e. The van der Waals surface area contributed by atoms with Crippen LogP contribution in [0.25, 0.3) is 11.6 Å². The summed E-state index contributed by atoms with van der Waals surface area (Å²) in [6.45, 7) is 19.0. The van der Waals surface area contributed by atoms with E-state index in [4.69, 9.17) is 0 Å². The SMILES string of the molecule is CCCc1cc(C(C)(C)C)cc2c1=C1C=CC(CCC)(C(C)(C)C)C(C3=CC=CC3)=C1C=2. The minimum Gasteiger partial charge on any atom is -0.0801 e. The molecule has 3 aliphatic carbocycles. The summed E-state index contributed by atoms with van der Waals surface area (Å²) in [6.07, 6.45) is 20.3. The molecule has 32 heavy (non-hydrogen) atoms. The summed E-state index contributed by atoms with van der Waals surface area (Å²) in [6, 6.07) is 4.96. The molecule has 0 radical (unpaired) electrons. The van der Waals surface area contributed by atoms with Gasteiger partial charge in [0, 0.05) is 5.41 Å². The van der Waals surface area contributed by atoms with Crippen LogP contribution < -0.4 is 10.4 Å². The van der Waals surface area contributed by atoms with E-state index in [0.29, 0.717) is 0 Å². The summed E-state index contributed by atoms with van der Waals surface area (Å²) < 4.78 is 0. The number of aryl methyl sites for hydroxylation is 1. The van der Waals surface area contributed by atoms with E-state index in [2.05, 4.69) is 104 Å². The lowest BCUT2D eigenvalue weighted by Crippen LogP contribution is -2.38. The first-order valence-corrected chi connectivity index (χ1v) is 12.7. The molecule has 0 spiro atoms. The van der Waals surface area contributed by atoms with Crippen LogP contribution in [0.5, 0.6) is 0 Å². The Labute approximate surface area is 196 Å². The van der Waals surface area contributed by atoms with E-state index >= 15 is 0 Å². The molecule has 0 N–H and O–H groups in total. The molecule has 1 unspecified atom stereocenters. The fourth-order valence-electron chi connectivity index (χ4n) is 6.06. The third-order valence-corrected chi connectivity index (χ3v) is 7.82. The highest BCUT2D eigenvalue weighted by Gasteiger charge is 2.46. The molecule has 4 rings (SSSR count). The zero-order valence-corrected chi connectivity index (χ0v) is 21.7. The number of allylic oxidation sites excluding steroid dienone is 8. The summed E-state index contributed by atoms with van der Waals surface area (Å²) in [4.78, 5) is 0. The molecule has 0 aromatic heterocycles. The van der Waals surface area contributed by atoms with Crippen molar-refractivity contribution in [1.82, 2.24) is 0 Å². The lowest BCUT2D eigenvalue weighted by molar-refractivity contribution is 0.175. The molecular formula is C32H42. The Hall–Kier alpha value is -2.08. The molecule has 0 heteroatoms. The van der Waals surface area contributed by atoms with Gasteiger partial charge in [0.25, 0.3) is 0 Å². The van der Waals surface area contributed by atoms with Gasteiger partial charge in [-0.25, -0.2) is 0 Å². The summed E-state index contributed by atoms with van der Waals surface area (Å²) in [5, 5.41) is 2.93. The van der Waals surface area contributed by atoms with E-state index < -0.39 is 0 Å². The normalized spacial score (nSPS) is 22.2. The van der Waals surface area contributed by atoms with Crippen molar-refractivity contribution in [2.45, 2.75) is 92.9 Å². The summed E-state index contributed by atoms with van der Waals surface area (Å²) in [5.41, 5.74) is 9.42. The van der Waals surface area contributed by atoms with E-state index in [1.54, 1.807) is 5.57 Å². The maximum atomic E-state index is 2.58. The average Bonchev–Trinajstić information content (AvgIpc) is 3.34. The summed E-state index contributed by atoms with van der Waals surface area (Å²) >= 11 is 0. The Kier molecular flexibility index (Phi) is 5.81. The second-order valence-electron chi connectivity index (χ2n) is 12.1. The summed E-state index contributed by atoms with van der Waals surface area (Å²) in [5.74, 6) is 0. The van der Waals surface area contributed by atoms with Crippen LogP contribution in [0.4, 0.5) is 0 Å². The zero-order valence-electron chi connectivity index (χ0n) is 21.7. The van der Waals surface area contributed by atoms with Crippen molar-refractivity contribution in [2.24, 2.45) is 10.8 Å². The number of benzene rings is 1. The predicted octanol–water partition coefficient (Wildman–Crippen LogP) is 7.47. The van der Waals surface area contributed by atoms with Crippen LogP contribution in [0, 0.1) is 10.8 Å². The van der Waals surface area contributed by atoms with Gasteiger partial charge in [-0.1, -0.05) is 111 Å². The Balaban J connectivity index is 2.10. The summed E-state index contributed by atoms with van der Waals surface area (Å²) in [7, 11) is 0. The minimum atomic E-state index is 0.0642. The number of hydrogen-bond donors (Lipinski definition) is 0. The van der Waals surface area contributed by atoms with Crippen molar-refractivity contribution < 1.29 is 0 Å². The van der Waals surface area contributed by atoms with Gasteiger partial charge in [-0.05, 0) is 80.0 Å². The van der Waals surface area contributed by atoms with Crippen LogP contribution in [0.2, 0.25) is 0 Å². The zero-order chi connectivity index (χ0) is 23.3. The van der Waals surface area contributed by atoms with Crippen molar-refractivity contribution in [2.75, 3.05) is 0 Å². The number of rotatable bonds is 5. The molecule has 1 atom stereocenters. The van der Waals surface area contributed by atoms with Gasteiger partial charge in [0.15, 0.2) is 0 Å². The maximum absolute atomic E-state index is 2.58. The standard InChI is InChI=1S/C32H42/c1-9-13-23-19-25(30(3,4)5)20-24-21-27-26(28(23)24)16-18-32(17-10-2,31(6,7)8)29(27)22-14-11-12-15-22/h11-12,14,16,18-21H,9-10,13,15,17H2,1-8H3. The molecule has 0 aliphatic heterocycles. The number of hydrogen-bond acceptors (Lipinski definition) is 0. The van der Waals surface area contributed by atoms with Gasteiger partial charge >= 0.3 is 0 Å². The van der Waals surface area contributed by atoms with Crippen LogP contribution in [0.15, 0.2) is 59.2 Å². The molecule has 1 aromatic carbocycles. The Morgan fingerprint density at radius 3 is 2.25 bits per heavy atom. The van der Waals surface area contributed by atoms with Gasteiger partial charge < -0.3 is 0 Å². The quantitative estimate of drug-likeness (QED) is 0.458. The monoisotopic (exact) mass is 426 g/mol. The van der Waals surface area contributed by atoms with Gasteiger partial charge in [-0.3, -0.25) is 0 Å². The molecule has 0 bridgehead atoms. The van der Waals surface area contributed by atoms with Gasteiger partial charge in [0.1, 0.15) is 0 Å². The first-order valence-electron chi connectivity index (χ1n) is 12.7. The lowest BCUT2D eigenvalue weighted by atomic mass is 9.55. The highest BCUT2D eigenvalue weighted by molar-refractivity contribution is 5.92. The molecular weight excluding hydrogens is 384 g/mol. The van der Waals surface area contributed by atoms with Crippen LogP contribution in [-0.2, 0) is 11.8 Å². The molecule has 0 saturated carbocycles. The largest absolute Gasteiger partial charge is 0.0801 e. The predicted molar refractivity (Wildman–Crippen MR) is 141 cm³/mol. The van der Waals surface area contributed by atoms with Crippen LogP contribution in [0.3, 0.4) is 0 Å². The molecule has 0 heterocycles. The third kappa shape index (κ3) is 3.60. The first-order chi connectivity index (χ1) is 15.0. The van der Waals surface area contributed by atoms with Crippen molar-refractivity contribution >= 4 is 11.6 Å². The van der Waals surface area contributed by atoms with Gasteiger partial charge in [0.05, 0.1) is 0 Å². The maximum Gasteiger partial charge on any atom is 0.0192 e. The van der Waals surface area contributed by atoms with Gasteiger partial charge in [0.2, 0.25) is 0 Å². The molecule has 0 fully saturated rings. The van der Waals surface area contributed by atoms with Crippen LogP contribution in [0.1, 0.15) is 92.2 Å². The van der Waals surface area contributed by atoms with E-state index in [0.717, 1.165) is 12.8 Å². The average molecular weight is 427 g/mol. The molecule has 170 valence electrons.